The molecule has 0 aliphatic carbocycles. The van der Waals surface area contributed by atoms with Gasteiger partial charge >= 0.3 is 5.97 Å². The average Bonchev–Trinajstić information content (AvgIpc) is 2.85. The first-order chi connectivity index (χ1) is 16.8. The van der Waals surface area contributed by atoms with Crippen molar-refractivity contribution >= 4 is 63.5 Å². The molecule has 7 nitrogen and oxygen atoms in total. The van der Waals surface area contributed by atoms with Crippen molar-refractivity contribution in [1.29, 1.82) is 0 Å². The SMILES string of the molecule is O=C(COC(=O)c1cc(-c2ccc(Cl)cc2Cl)nc2ccccc12)NNC(=O)c1ccc(Cl)cc1. The second-order valence-electron chi connectivity index (χ2n) is 7.28. The lowest BCUT2D eigenvalue weighted by molar-refractivity contribution is -0.125. The fourth-order valence-electron chi connectivity index (χ4n) is 3.22. The van der Waals surface area contributed by atoms with Crippen molar-refractivity contribution in [2.45, 2.75) is 0 Å². The third kappa shape index (κ3) is 5.89. The minimum Gasteiger partial charge on any atom is -0.452 e. The van der Waals surface area contributed by atoms with Gasteiger partial charge in [-0.3, -0.25) is 20.4 Å². The summed E-state index contributed by atoms with van der Waals surface area (Å²) in [5, 5.41) is 1.86. The first-order valence-corrected chi connectivity index (χ1v) is 11.3. The summed E-state index contributed by atoms with van der Waals surface area (Å²) in [6, 6.07) is 19.6. The number of carbonyl (C=O) groups excluding carboxylic acids is 3. The summed E-state index contributed by atoms with van der Waals surface area (Å²) in [6.07, 6.45) is 0. The zero-order chi connectivity index (χ0) is 24.9. The van der Waals surface area contributed by atoms with E-state index < -0.39 is 24.4 Å². The number of hydrazine groups is 1. The van der Waals surface area contributed by atoms with Gasteiger partial charge in [0.05, 0.1) is 21.8 Å². The van der Waals surface area contributed by atoms with E-state index in [1.54, 1.807) is 60.7 Å². The predicted octanol–water partition coefficient (Wildman–Crippen LogP) is 5.48. The fourth-order valence-corrected chi connectivity index (χ4v) is 3.86. The van der Waals surface area contributed by atoms with Gasteiger partial charge in [0.25, 0.3) is 11.8 Å². The van der Waals surface area contributed by atoms with E-state index in [2.05, 4.69) is 15.8 Å². The largest absolute Gasteiger partial charge is 0.452 e. The van der Waals surface area contributed by atoms with E-state index in [-0.39, 0.29) is 5.56 Å². The molecule has 176 valence electrons. The van der Waals surface area contributed by atoms with Crippen LogP contribution < -0.4 is 10.9 Å². The van der Waals surface area contributed by atoms with Crippen LogP contribution in [-0.4, -0.2) is 29.4 Å². The van der Waals surface area contributed by atoms with Gasteiger partial charge in [0.2, 0.25) is 0 Å². The highest BCUT2D eigenvalue weighted by Crippen LogP contribution is 2.32. The van der Waals surface area contributed by atoms with Crippen molar-refractivity contribution in [2.24, 2.45) is 0 Å². The number of hydrogen-bond acceptors (Lipinski definition) is 5. The number of nitrogens with zero attached hydrogens (tertiary/aromatic N) is 1. The van der Waals surface area contributed by atoms with Gasteiger partial charge < -0.3 is 4.74 Å². The Balaban J connectivity index is 1.47. The summed E-state index contributed by atoms with van der Waals surface area (Å²) >= 11 is 18.1. The molecule has 0 saturated carbocycles. The quantitative estimate of drug-likeness (QED) is 0.264. The number of esters is 1. The Kier molecular flexibility index (Phi) is 7.51. The number of pyridine rings is 1. The van der Waals surface area contributed by atoms with E-state index in [4.69, 9.17) is 39.5 Å². The van der Waals surface area contributed by atoms with Crippen LogP contribution in [0.2, 0.25) is 15.1 Å². The molecule has 3 aromatic carbocycles. The molecule has 0 spiro atoms. The topological polar surface area (TPSA) is 97.4 Å². The molecule has 0 unspecified atom stereocenters. The summed E-state index contributed by atoms with van der Waals surface area (Å²) in [7, 11) is 0. The zero-order valence-corrected chi connectivity index (χ0v) is 20.1. The van der Waals surface area contributed by atoms with Crippen LogP contribution in [0.3, 0.4) is 0 Å². The number of rotatable bonds is 5. The van der Waals surface area contributed by atoms with E-state index in [1.165, 1.54) is 12.1 Å². The second kappa shape index (κ2) is 10.7. The smallest absolute Gasteiger partial charge is 0.339 e. The van der Waals surface area contributed by atoms with E-state index in [0.29, 0.717) is 42.8 Å². The lowest BCUT2D eigenvalue weighted by Crippen LogP contribution is -2.43. The molecule has 0 bridgehead atoms. The number of para-hydroxylation sites is 1. The molecule has 35 heavy (non-hydrogen) atoms. The molecular weight excluding hydrogens is 513 g/mol. The number of fused-ring (bicyclic) bond motifs is 1. The first kappa shape index (κ1) is 24.5. The number of halogens is 3. The maximum Gasteiger partial charge on any atom is 0.339 e. The van der Waals surface area contributed by atoms with Crippen LogP contribution in [0, 0.1) is 0 Å². The number of carbonyl (C=O) groups is 3. The van der Waals surface area contributed by atoms with E-state index in [9.17, 15) is 14.4 Å². The molecule has 10 heteroatoms. The Bertz CT molecular complexity index is 1440. The van der Waals surface area contributed by atoms with E-state index in [0.717, 1.165) is 0 Å². The van der Waals surface area contributed by atoms with Crippen LogP contribution in [0.15, 0.2) is 72.8 Å². The van der Waals surface area contributed by atoms with Crippen LogP contribution in [0.1, 0.15) is 20.7 Å². The molecule has 2 amide bonds. The van der Waals surface area contributed by atoms with Crippen LogP contribution in [-0.2, 0) is 9.53 Å². The Morgan fingerprint density at radius 1 is 0.829 bits per heavy atom. The van der Waals surface area contributed by atoms with Crippen LogP contribution in [0.5, 0.6) is 0 Å². The Morgan fingerprint density at radius 3 is 2.29 bits per heavy atom. The summed E-state index contributed by atoms with van der Waals surface area (Å²) < 4.78 is 5.19. The lowest BCUT2D eigenvalue weighted by Gasteiger charge is -2.11. The third-order valence-corrected chi connectivity index (χ3v) is 5.70. The third-order valence-electron chi connectivity index (χ3n) is 4.90. The fraction of sp³-hybridized carbons (Fsp3) is 0.0400. The maximum absolute atomic E-state index is 12.9. The van der Waals surface area contributed by atoms with Crippen molar-refractivity contribution in [3.8, 4) is 11.3 Å². The minimum absolute atomic E-state index is 0.203. The zero-order valence-electron chi connectivity index (χ0n) is 17.8. The highest BCUT2D eigenvalue weighted by molar-refractivity contribution is 6.36. The summed E-state index contributed by atoms with van der Waals surface area (Å²) in [4.78, 5) is 41.7. The number of ether oxygens (including phenoxy) is 1. The monoisotopic (exact) mass is 527 g/mol. The Labute approximate surface area is 214 Å². The van der Waals surface area contributed by atoms with Gasteiger partial charge in [-0.05, 0) is 54.6 Å². The van der Waals surface area contributed by atoms with Gasteiger partial charge in [0, 0.05) is 26.6 Å². The maximum atomic E-state index is 12.9. The Morgan fingerprint density at radius 2 is 1.54 bits per heavy atom. The molecule has 0 saturated heterocycles. The molecule has 0 aliphatic heterocycles. The molecule has 0 fully saturated rings. The summed E-state index contributed by atoms with van der Waals surface area (Å²) in [5.74, 6) is -2.01. The number of nitrogens with one attached hydrogen (secondary N) is 2. The van der Waals surface area contributed by atoms with Crippen molar-refractivity contribution in [3.63, 3.8) is 0 Å². The highest BCUT2D eigenvalue weighted by Gasteiger charge is 2.18. The van der Waals surface area contributed by atoms with E-state index in [1.807, 2.05) is 0 Å². The molecule has 0 atom stereocenters. The average molecular weight is 529 g/mol. The number of aromatic nitrogens is 1. The summed E-state index contributed by atoms with van der Waals surface area (Å²) in [6.45, 7) is -0.618. The van der Waals surface area contributed by atoms with Crippen LogP contribution in [0.25, 0.3) is 22.2 Å². The van der Waals surface area contributed by atoms with Gasteiger partial charge in [-0.15, -0.1) is 0 Å². The van der Waals surface area contributed by atoms with Gasteiger partial charge in [-0.1, -0.05) is 53.0 Å². The molecular formula is C25H16Cl3N3O4. The molecule has 1 heterocycles. The summed E-state index contributed by atoms with van der Waals surface area (Å²) in [5.41, 5.74) is 6.51. The molecule has 0 aliphatic rings. The molecule has 1 aromatic heterocycles. The van der Waals surface area contributed by atoms with Crippen molar-refractivity contribution < 1.29 is 19.1 Å². The number of hydrogen-bond donors (Lipinski definition) is 2. The van der Waals surface area contributed by atoms with Gasteiger partial charge in [0.1, 0.15) is 0 Å². The molecule has 2 N–H and O–H groups in total. The lowest BCUT2D eigenvalue weighted by atomic mass is 10.0. The normalized spacial score (nSPS) is 10.6. The van der Waals surface area contributed by atoms with Crippen molar-refractivity contribution in [1.82, 2.24) is 15.8 Å². The molecule has 0 radical (unpaired) electrons. The second-order valence-corrected chi connectivity index (χ2v) is 8.56. The standard InChI is InChI=1S/C25H16Cl3N3O4/c26-15-7-5-14(6-8-15)24(33)31-30-23(32)13-35-25(34)19-12-22(18-10-9-16(27)11-20(18)28)29-21-4-2-1-3-17(19)21/h1-12H,13H2,(H,30,32)(H,31,33). The van der Waals surface area contributed by atoms with Gasteiger partial charge in [0.15, 0.2) is 6.61 Å². The number of amides is 2. The van der Waals surface area contributed by atoms with E-state index >= 15 is 0 Å². The predicted molar refractivity (Wildman–Crippen MR) is 135 cm³/mol. The van der Waals surface area contributed by atoms with Gasteiger partial charge in [-0.25, -0.2) is 9.78 Å². The number of benzene rings is 3. The molecule has 4 aromatic rings. The Hall–Kier alpha value is -3.65. The van der Waals surface area contributed by atoms with Crippen LogP contribution in [0.4, 0.5) is 0 Å². The first-order valence-electron chi connectivity index (χ1n) is 10.2. The minimum atomic E-state index is -0.742. The van der Waals surface area contributed by atoms with Crippen molar-refractivity contribution in [3.05, 3.63) is 99.0 Å². The van der Waals surface area contributed by atoms with Gasteiger partial charge in [-0.2, -0.15) is 0 Å². The molecule has 4 rings (SSSR count). The highest BCUT2D eigenvalue weighted by atomic mass is 35.5. The van der Waals surface area contributed by atoms with Crippen LogP contribution >= 0.6 is 34.8 Å². The van der Waals surface area contributed by atoms with Crippen molar-refractivity contribution in [2.75, 3.05) is 6.61 Å².